The fourth-order valence-corrected chi connectivity index (χ4v) is 6.45. The van der Waals surface area contributed by atoms with Gasteiger partial charge in [0.15, 0.2) is 5.78 Å². The zero-order chi connectivity index (χ0) is 26.0. The minimum absolute atomic E-state index is 0.0495. The summed E-state index contributed by atoms with van der Waals surface area (Å²) in [5.74, 6) is -1.68. The average Bonchev–Trinajstić information content (AvgIpc) is 3.35. The summed E-state index contributed by atoms with van der Waals surface area (Å²) in [5.41, 5.74) is 0.688. The van der Waals surface area contributed by atoms with E-state index in [2.05, 4.69) is 0 Å². The highest BCUT2D eigenvalue weighted by Gasteiger charge is 2.39. The van der Waals surface area contributed by atoms with E-state index in [1.54, 1.807) is 23.1 Å². The molecule has 2 fully saturated rings. The lowest BCUT2D eigenvalue weighted by atomic mass is 9.93. The zero-order valence-electron chi connectivity index (χ0n) is 19.7. The second kappa shape index (κ2) is 10.8. The lowest BCUT2D eigenvalue weighted by Crippen LogP contribution is -2.42. The van der Waals surface area contributed by atoms with Crippen LogP contribution in [0.1, 0.15) is 41.6 Å². The van der Waals surface area contributed by atoms with Gasteiger partial charge in [-0.1, -0.05) is 23.2 Å². The number of nitrogens with zero attached hydrogens (tertiary/aromatic N) is 2. The molecule has 2 aromatic carbocycles. The van der Waals surface area contributed by atoms with Crippen molar-refractivity contribution in [1.29, 1.82) is 0 Å². The number of ketones is 1. The lowest BCUT2D eigenvalue weighted by molar-refractivity contribution is -0.131. The van der Waals surface area contributed by atoms with Gasteiger partial charge in [-0.15, -0.1) is 0 Å². The molecule has 0 radical (unpaired) electrons. The molecule has 0 aromatic heterocycles. The summed E-state index contributed by atoms with van der Waals surface area (Å²) in [6.45, 7) is 0.572. The number of ether oxygens (including phenoxy) is 1. The minimum atomic E-state index is -4.44. The van der Waals surface area contributed by atoms with E-state index in [9.17, 15) is 22.8 Å². The first-order valence-corrected chi connectivity index (χ1v) is 13.8. The summed E-state index contributed by atoms with van der Waals surface area (Å²) in [4.78, 5) is 40.3. The summed E-state index contributed by atoms with van der Waals surface area (Å²) in [5, 5.41) is 0.568. The van der Waals surface area contributed by atoms with Gasteiger partial charge in [-0.05, 0) is 67.6 Å². The number of rotatable bonds is 6. The van der Waals surface area contributed by atoms with E-state index >= 15 is 0 Å². The highest BCUT2D eigenvalue weighted by atomic mass is 35.5. The van der Waals surface area contributed by atoms with Gasteiger partial charge in [0.05, 0.1) is 29.1 Å². The van der Waals surface area contributed by atoms with E-state index in [-0.39, 0.29) is 46.4 Å². The van der Waals surface area contributed by atoms with Crippen LogP contribution in [0.3, 0.4) is 0 Å². The Hall–Kier alpha value is -2.62. The number of carbonyl (C=O) groups excluding carboxylic acids is 3. The van der Waals surface area contributed by atoms with E-state index in [1.807, 2.05) is 0 Å². The normalized spacial score (nSPS) is 18.9. The molecule has 36 heavy (non-hydrogen) atoms. The molecule has 1 atom stereocenters. The van der Waals surface area contributed by atoms with Crippen molar-refractivity contribution in [3.63, 3.8) is 0 Å². The molecule has 192 valence electrons. The molecule has 0 aliphatic carbocycles. The molecule has 2 aromatic rings. The van der Waals surface area contributed by atoms with Crippen molar-refractivity contribution >= 4 is 50.8 Å². The number of halogens is 2. The Balaban J connectivity index is 1.67. The molecule has 2 amide bonds. The lowest BCUT2D eigenvalue weighted by Gasteiger charge is -2.24. The number of likely N-dealkylation sites (tertiary alicyclic amines) is 1. The third-order valence-electron chi connectivity index (χ3n) is 6.54. The van der Waals surface area contributed by atoms with Crippen molar-refractivity contribution in [2.45, 2.75) is 37.0 Å². The van der Waals surface area contributed by atoms with Gasteiger partial charge >= 0.3 is 0 Å². The number of Topliss-reactive ketones (excluding diaryl/α,β-unsaturated/α-hetero) is 1. The Labute approximate surface area is 220 Å². The molecule has 2 aliphatic rings. The van der Waals surface area contributed by atoms with E-state index in [1.165, 1.54) is 25.3 Å². The van der Waals surface area contributed by atoms with Gasteiger partial charge in [0.2, 0.25) is 5.91 Å². The number of hydrogen-bond donors (Lipinski definition) is 0. The first-order chi connectivity index (χ1) is 17.1. The Morgan fingerprint density at radius 3 is 2.50 bits per heavy atom. The fourth-order valence-electron chi connectivity index (χ4n) is 4.59. The van der Waals surface area contributed by atoms with Gasteiger partial charge in [0, 0.05) is 30.5 Å². The molecule has 2 heterocycles. The Kier molecular flexibility index (Phi) is 7.92. The van der Waals surface area contributed by atoms with Crippen LogP contribution >= 0.6 is 23.2 Å². The largest absolute Gasteiger partial charge is 0.496 e. The summed E-state index contributed by atoms with van der Waals surface area (Å²) >= 11 is 12.4. The second-order valence-corrected chi connectivity index (χ2v) is 11.6. The molecule has 0 bridgehead atoms. The average molecular weight is 553 g/mol. The molecule has 0 spiro atoms. The first-order valence-electron chi connectivity index (χ1n) is 11.6. The van der Waals surface area contributed by atoms with E-state index in [0.29, 0.717) is 33.7 Å². The predicted octanol–water partition coefficient (Wildman–Crippen LogP) is 3.98. The Bertz CT molecular complexity index is 1310. The quantitative estimate of drug-likeness (QED) is 0.537. The molecule has 1 unspecified atom stereocenters. The smallest absolute Gasteiger partial charge is 0.266 e. The topological polar surface area (TPSA) is 101 Å². The standard InChI is InChI=1S/C25H26Cl2N2O6S/c1-35-23-9-5-18(26)13-17(23)12-16-4-6-19(30)15-29(24(16)31)36(33,34)20-7-8-22(27)21(14-20)25(32)28-10-2-3-11-28/h5,7-9,13-14,16H,2-4,6,10-12,15H2,1H3. The van der Waals surface area contributed by atoms with Crippen LogP contribution in [0.4, 0.5) is 0 Å². The number of benzene rings is 2. The maximum Gasteiger partial charge on any atom is 0.266 e. The van der Waals surface area contributed by atoms with Crippen LogP contribution in [0.2, 0.25) is 10.0 Å². The van der Waals surface area contributed by atoms with Crippen LogP contribution < -0.4 is 4.74 Å². The second-order valence-electron chi connectivity index (χ2n) is 8.93. The van der Waals surface area contributed by atoms with Gasteiger partial charge in [-0.25, -0.2) is 12.7 Å². The molecule has 2 aliphatic heterocycles. The molecule has 0 saturated carbocycles. The fraction of sp³-hybridized carbons (Fsp3) is 0.400. The van der Waals surface area contributed by atoms with Crippen LogP contribution in [0.15, 0.2) is 41.3 Å². The molecule has 2 saturated heterocycles. The predicted molar refractivity (Wildman–Crippen MR) is 135 cm³/mol. The van der Waals surface area contributed by atoms with Crippen LogP contribution in [-0.4, -0.2) is 62.0 Å². The highest BCUT2D eigenvalue weighted by Crippen LogP contribution is 2.31. The minimum Gasteiger partial charge on any atom is -0.496 e. The van der Waals surface area contributed by atoms with E-state index < -0.39 is 28.4 Å². The van der Waals surface area contributed by atoms with Crippen molar-refractivity contribution in [2.24, 2.45) is 5.92 Å². The van der Waals surface area contributed by atoms with Crippen LogP contribution in [0.5, 0.6) is 5.75 Å². The summed E-state index contributed by atoms with van der Waals surface area (Å²) < 4.78 is 33.2. The SMILES string of the molecule is COc1ccc(Cl)cc1CC1CCC(=O)CN(S(=O)(=O)c2ccc(Cl)c(C(=O)N3CCCC3)c2)C1=O. The van der Waals surface area contributed by atoms with E-state index in [0.717, 1.165) is 12.8 Å². The maximum atomic E-state index is 13.6. The summed E-state index contributed by atoms with van der Waals surface area (Å²) in [6, 6.07) is 8.75. The number of methoxy groups -OCH3 is 1. The monoisotopic (exact) mass is 552 g/mol. The van der Waals surface area contributed by atoms with Gasteiger partial charge in [-0.2, -0.15) is 0 Å². The van der Waals surface area contributed by atoms with Crippen molar-refractivity contribution in [3.05, 3.63) is 57.6 Å². The van der Waals surface area contributed by atoms with Crippen LogP contribution in [0.25, 0.3) is 0 Å². The molecule has 8 nitrogen and oxygen atoms in total. The van der Waals surface area contributed by atoms with Gasteiger partial charge < -0.3 is 9.64 Å². The zero-order valence-corrected chi connectivity index (χ0v) is 22.0. The van der Waals surface area contributed by atoms with Crippen LogP contribution in [0, 0.1) is 5.92 Å². The maximum absolute atomic E-state index is 13.6. The van der Waals surface area contributed by atoms with Crippen molar-refractivity contribution in [3.8, 4) is 5.75 Å². The number of amides is 2. The Morgan fingerprint density at radius 2 is 1.81 bits per heavy atom. The third kappa shape index (κ3) is 5.38. The summed E-state index contributed by atoms with van der Waals surface area (Å²) in [6.07, 6.45) is 2.14. The van der Waals surface area contributed by atoms with Gasteiger partial charge in [-0.3, -0.25) is 14.4 Å². The van der Waals surface area contributed by atoms with Crippen LogP contribution in [-0.2, 0) is 26.0 Å². The van der Waals surface area contributed by atoms with Gasteiger partial charge in [0.25, 0.3) is 15.9 Å². The van der Waals surface area contributed by atoms with Crippen molar-refractivity contribution in [2.75, 3.05) is 26.7 Å². The summed E-state index contributed by atoms with van der Waals surface area (Å²) in [7, 11) is -2.95. The molecular weight excluding hydrogens is 527 g/mol. The Morgan fingerprint density at radius 1 is 1.08 bits per heavy atom. The number of carbonyl (C=O) groups is 3. The molecule has 4 rings (SSSR count). The third-order valence-corrected chi connectivity index (χ3v) is 8.85. The highest BCUT2D eigenvalue weighted by molar-refractivity contribution is 7.89. The molecular formula is C25H26Cl2N2O6S. The van der Waals surface area contributed by atoms with E-state index in [4.69, 9.17) is 27.9 Å². The number of hydrogen-bond acceptors (Lipinski definition) is 6. The first kappa shape index (κ1) is 26.4. The molecule has 0 N–H and O–H groups in total. The van der Waals surface area contributed by atoms with Gasteiger partial charge in [0.1, 0.15) is 5.75 Å². The molecule has 11 heteroatoms. The van der Waals surface area contributed by atoms with Crippen molar-refractivity contribution < 1.29 is 27.5 Å². The van der Waals surface area contributed by atoms with Crippen molar-refractivity contribution in [1.82, 2.24) is 9.21 Å². The number of sulfonamides is 1.